The number of nitrogens with one attached hydrogen (secondary N) is 1. The van der Waals surface area contributed by atoms with E-state index < -0.39 is 11.9 Å². The minimum atomic E-state index is -0.427. The third-order valence-electron chi connectivity index (χ3n) is 4.85. The average molecular weight is 353 g/mol. The molecule has 2 aromatic carbocycles. The van der Waals surface area contributed by atoms with E-state index in [4.69, 9.17) is 4.74 Å². The van der Waals surface area contributed by atoms with Crippen molar-refractivity contribution in [1.82, 2.24) is 14.9 Å². The maximum Gasteiger partial charge on any atom is 0.243 e. The van der Waals surface area contributed by atoms with Crippen LogP contribution in [0.3, 0.4) is 0 Å². The first kappa shape index (κ1) is 16.6. The van der Waals surface area contributed by atoms with Crippen molar-refractivity contribution in [2.45, 2.75) is 31.8 Å². The highest BCUT2D eigenvalue weighted by Crippen LogP contribution is 2.34. The molecule has 0 spiro atoms. The van der Waals surface area contributed by atoms with Crippen LogP contribution in [0, 0.1) is 5.82 Å². The number of benzene rings is 2. The zero-order valence-electron chi connectivity index (χ0n) is 14.5. The van der Waals surface area contributed by atoms with Crippen molar-refractivity contribution in [3.63, 3.8) is 0 Å². The molecule has 2 unspecified atom stereocenters. The number of rotatable bonds is 3. The molecule has 4 rings (SSSR count). The maximum absolute atomic E-state index is 14.1. The Bertz CT molecular complexity index is 953. The average Bonchev–Trinajstić information content (AvgIpc) is 2.97. The van der Waals surface area contributed by atoms with Crippen LogP contribution in [-0.4, -0.2) is 22.1 Å². The van der Waals surface area contributed by atoms with Crippen molar-refractivity contribution in [2.24, 2.45) is 0 Å². The number of amides is 1. The highest BCUT2D eigenvalue weighted by molar-refractivity contribution is 5.84. The molecule has 0 radical (unpaired) electrons. The molecule has 6 heteroatoms. The minimum Gasteiger partial charge on any atom is -0.490 e. The van der Waals surface area contributed by atoms with Gasteiger partial charge in [-0.15, -0.1) is 0 Å². The molecule has 1 amide bonds. The maximum atomic E-state index is 14.1. The number of aromatic nitrogens is 2. The molecule has 0 saturated heterocycles. The number of para-hydroxylation sites is 3. The Balaban J connectivity index is 1.59. The van der Waals surface area contributed by atoms with Gasteiger partial charge in [-0.1, -0.05) is 24.3 Å². The Morgan fingerprint density at radius 1 is 1.31 bits per heavy atom. The van der Waals surface area contributed by atoms with Crippen molar-refractivity contribution in [3.05, 3.63) is 60.2 Å². The molecule has 0 bridgehead atoms. The monoisotopic (exact) mass is 353 g/mol. The fourth-order valence-electron chi connectivity index (χ4n) is 3.42. The van der Waals surface area contributed by atoms with Gasteiger partial charge < -0.3 is 14.6 Å². The molecule has 1 aliphatic heterocycles. The van der Waals surface area contributed by atoms with E-state index in [-0.39, 0.29) is 17.7 Å². The summed E-state index contributed by atoms with van der Waals surface area (Å²) in [5.74, 6) is -0.274. The Kier molecular flexibility index (Phi) is 4.32. The summed E-state index contributed by atoms with van der Waals surface area (Å²) >= 11 is 0. The lowest BCUT2D eigenvalue weighted by Crippen LogP contribution is -2.34. The molecule has 3 aromatic rings. The van der Waals surface area contributed by atoms with Gasteiger partial charge in [0.05, 0.1) is 30.0 Å². The van der Waals surface area contributed by atoms with Crippen LogP contribution in [0.1, 0.15) is 37.4 Å². The van der Waals surface area contributed by atoms with Crippen LogP contribution in [0.25, 0.3) is 11.0 Å². The Hall–Kier alpha value is -2.89. The van der Waals surface area contributed by atoms with Crippen LogP contribution in [-0.2, 0) is 4.79 Å². The SMILES string of the molecule is CC(C(=O)NC1CCCOc2c(F)cccc21)n1cnc2ccccc21. The highest BCUT2D eigenvalue weighted by Gasteiger charge is 2.26. The van der Waals surface area contributed by atoms with Crippen molar-refractivity contribution in [1.29, 1.82) is 0 Å². The summed E-state index contributed by atoms with van der Waals surface area (Å²) in [5, 5.41) is 3.06. The van der Waals surface area contributed by atoms with Gasteiger partial charge in [-0.25, -0.2) is 9.37 Å². The number of carbonyl (C=O) groups excluding carboxylic acids is 1. The van der Waals surface area contributed by atoms with Crippen molar-refractivity contribution >= 4 is 16.9 Å². The van der Waals surface area contributed by atoms with Gasteiger partial charge in [0.2, 0.25) is 5.91 Å². The van der Waals surface area contributed by atoms with Gasteiger partial charge in [0.1, 0.15) is 6.04 Å². The van der Waals surface area contributed by atoms with Crippen LogP contribution in [0.2, 0.25) is 0 Å². The fourth-order valence-corrected chi connectivity index (χ4v) is 3.42. The molecule has 2 heterocycles. The lowest BCUT2D eigenvalue weighted by Gasteiger charge is -2.22. The van der Waals surface area contributed by atoms with Crippen molar-refractivity contribution in [3.8, 4) is 5.75 Å². The molecule has 1 aliphatic rings. The molecule has 0 saturated carbocycles. The molecule has 1 aromatic heterocycles. The number of fused-ring (bicyclic) bond motifs is 2. The predicted octanol–water partition coefficient (Wildman–Crippen LogP) is 3.77. The van der Waals surface area contributed by atoms with E-state index in [1.54, 1.807) is 12.4 Å². The minimum absolute atomic E-state index is 0.129. The molecule has 1 N–H and O–H groups in total. The van der Waals surface area contributed by atoms with Crippen LogP contribution < -0.4 is 10.1 Å². The topological polar surface area (TPSA) is 56.1 Å². The largest absolute Gasteiger partial charge is 0.490 e. The summed E-state index contributed by atoms with van der Waals surface area (Å²) in [6.07, 6.45) is 3.14. The molecular formula is C20H20FN3O2. The van der Waals surface area contributed by atoms with Gasteiger partial charge in [-0.05, 0) is 38.0 Å². The van der Waals surface area contributed by atoms with Crippen molar-refractivity contribution in [2.75, 3.05) is 6.61 Å². The summed E-state index contributed by atoms with van der Waals surface area (Å²) in [6, 6.07) is 11.8. The lowest BCUT2D eigenvalue weighted by molar-refractivity contribution is -0.124. The summed E-state index contributed by atoms with van der Waals surface area (Å²) < 4.78 is 21.5. The van der Waals surface area contributed by atoms with Gasteiger partial charge in [0, 0.05) is 5.56 Å². The normalized spacial score (nSPS) is 17.8. The van der Waals surface area contributed by atoms with E-state index in [0.29, 0.717) is 18.6 Å². The van der Waals surface area contributed by atoms with E-state index >= 15 is 0 Å². The number of ether oxygens (including phenoxy) is 1. The number of hydrogen-bond donors (Lipinski definition) is 1. The van der Waals surface area contributed by atoms with E-state index in [2.05, 4.69) is 10.3 Å². The number of nitrogens with zero attached hydrogens (tertiary/aromatic N) is 2. The zero-order chi connectivity index (χ0) is 18.1. The third kappa shape index (κ3) is 2.92. The Labute approximate surface area is 150 Å². The fraction of sp³-hybridized carbons (Fsp3) is 0.300. The summed E-state index contributed by atoms with van der Waals surface area (Å²) in [6.45, 7) is 2.28. The molecule has 5 nitrogen and oxygen atoms in total. The second-order valence-corrected chi connectivity index (χ2v) is 6.53. The van der Waals surface area contributed by atoms with Crippen LogP contribution >= 0.6 is 0 Å². The zero-order valence-corrected chi connectivity index (χ0v) is 14.5. The van der Waals surface area contributed by atoms with Gasteiger partial charge in [-0.2, -0.15) is 0 Å². The second kappa shape index (κ2) is 6.78. The number of imidazole rings is 1. The highest BCUT2D eigenvalue weighted by atomic mass is 19.1. The van der Waals surface area contributed by atoms with Gasteiger partial charge in [-0.3, -0.25) is 4.79 Å². The molecular weight excluding hydrogens is 333 g/mol. The van der Waals surface area contributed by atoms with Gasteiger partial charge in [0.15, 0.2) is 11.6 Å². The van der Waals surface area contributed by atoms with E-state index in [0.717, 1.165) is 17.5 Å². The molecule has 2 atom stereocenters. The van der Waals surface area contributed by atoms with E-state index in [1.807, 2.05) is 41.8 Å². The molecule has 26 heavy (non-hydrogen) atoms. The van der Waals surface area contributed by atoms with Crippen molar-refractivity contribution < 1.29 is 13.9 Å². The first-order valence-corrected chi connectivity index (χ1v) is 8.78. The Morgan fingerprint density at radius 2 is 2.15 bits per heavy atom. The quantitative estimate of drug-likeness (QED) is 0.780. The van der Waals surface area contributed by atoms with Crippen LogP contribution in [0.15, 0.2) is 48.8 Å². The molecule has 0 fully saturated rings. The summed E-state index contributed by atoms with van der Waals surface area (Å²) in [7, 11) is 0. The first-order chi connectivity index (χ1) is 12.6. The number of halogens is 1. The molecule has 134 valence electrons. The van der Waals surface area contributed by atoms with Crippen LogP contribution in [0.5, 0.6) is 5.75 Å². The summed E-state index contributed by atoms with van der Waals surface area (Å²) in [5.41, 5.74) is 2.45. The first-order valence-electron chi connectivity index (χ1n) is 8.78. The van der Waals surface area contributed by atoms with Crippen LogP contribution in [0.4, 0.5) is 4.39 Å². The number of carbonyl (C=O) groups is 1. The standard InChI is InChI=1S/C20H20FN3O2/c1-13(24-12-22-17-8-2-3-10-18(17)24)20(25)23-16-9-5-11-26-19-14(16)6-4-7-15(19)21/h2-4,6-8,10,12-13,16H,5,9,11H2,1H3,(H,23,25). The van der Waals surface area contributed by atoms with E-state index in [1.165, 1.54) is 6.07 Å². The summed E-state index contributed by atoms with van der Waals surface area (Å²) in [4.78, 5) is 17.2. The van der Waals surface area contributed by atoms with Gasteiger partial charge >= 0.3 is 0 Å². The van der Waals surface area contributed by atoms with E-state index in [9.17, 15) is 9.18 Å². The smallest absolute Gasteiger partial charge is 0.243 e. The lowest BCUT2D eigenvalue weighted by atomic mass is 10.0. The second-order valence-electron chi connectivity index (χ2n) is 6.53. The molecule has 0 aliphatic carbocycles. The predicted molar refractivity (Wildman–Crippen MR) is 96.5 cm³/mol. The van der Waals surface area contributed by atoms with Gasteiger partial charge in [0.25, 0.3) is 0 Å². The number of hydrogen-bond acceptors (Lipinski definition) is 3. The Morgan fingerprint density at radius 3 is 3.04 bits per heavy atom. The third-order valence-corrected chi connectivity index (χ3v) is 4.85.